The summed E-state index contributed by atoms with van der Waals surface area (Å²) in [4.78, 5) is 2.64. The van der Waals surface area contributed by atoms with Crippen LogP contribution in [0.2, 0.25) is 0 Å². The van der Waals surface area contributed by atoms with Gasteiger partial charge in [0.2, 0.25) is 5.88 Å². The Morgan fingerprint density at radius 2 is 1.78 bits per heavy atom. The molecular weight excluding hydrogens is 311 g/mol. The quantitative estimate of drug-likeness (QED) is 0.787. The third-order valence-electron chi connectivity index (χ3n) is 3.56. The lowest BCUT2D eigenvalue weighted by Crippen LogP contribution is -2.19. The van der Waals surface area contributed by atoms with E-state index in [0.29, 0.717) is 28.8 Å². The van der Waals surface area contributed by atoms with E-state index in [9.17, 15) is 23.4 Å². The molecule has 0 unspecified atom stereocenters. The molecule has 0 amide bonds. The number of halogens is 3. The lowest BCUT2D eigenvalue weighted by molar-refractivity contribution is -0.153. The van der Waals surface area contributed by atoms with Gasteiger partial charge < -0.3 is 19.9 Å². The molecule has 23 heavy (non-hydrogen) atoms. The van der Waals surface area contributed by atoms with Gasteiger partial charge in [0.1, 0.15) is 11.5 Å². The summed E-state index contributed by atoms with van der Waals surface area (Å²) >= 11 is 0. The minimum Gasteiger partial charge on any atom is -0.505 e. The van der Waals surface area contributed by atoms with Crippen LogP contribution >= 0.6 is 0 Å². The number of ether oxygens (including phenoxy) is 1. The summed E-state index contributed by atoms with van der Waals surface area (Å²) in [6.07, 6.45) is -3.91. The van der Waals surface area contributed by atoms with Crippen molar-refractivity contribution in [2.45, 2.75) is 33.4 Å². The van der Waals surface area contributed by atoms with Crippen molar-refractivity contribution in [2.24, 2.45) is 0 Å². The SMILES string of the molecule is CCc1cc(OCC(F)(F)F)cc(C)c1-c1c(O)[nH]c(C)c1O. The number of hydrogen-bond donors (Lipinski definition) is 3. The number of benzene rings is 1. The smallest absolute Gasteiger partial charge is 0.422 e. The van der Waals surface area contributed by atoms with Crippen molar-refractivity contribution in [1.82, 2.24) is 4.98 Å². The summed E-state index contributed by atoms with van der Waals surface area (Å²) in [6, 6.07) is 2.96. The molecule has 0 aliphatic carbocycles. The van der Waals surface area contributed by atoms with Crippen molar-refractivity contribution in [3.63, 3.8) is 0 Å². The summed E-state index contributed by atoms with van der Waals surface area (Å²) in [5.74, 6) is -0.155. The number of aromatic hydroxyl groups is 2. The third kappa shape index (κ3) is 3.55. The van der Waals surface area contributed by atoms with E-state index in [4.69, 9.17) is 4.74 Å². The van der Waals surface area contributed by atoms with E-state index in [1.807, 2.05) is 6.92 Å². The molecule has 2 rings (SSSR count). The lowest BCUT2D eigenvalue weighted by atomic mass is 9.94. The zero-order valence-corrected chi connectivity index (χ0v) is 13.0. The number of rotatable bonds is 4. The molecular formula is C16H18F3NO3. The van der Waals surface area contributed by atoms with Gasteiger partial charge in [0.05, 0.1) is 11.3 Å². The van der Waals surface area contributed by atoms with Crippen LogP contribution in [0.15, 0.2) is 12.1 Å². The summed E-state index contributed by atoms with van der Waals surface area (Å²) in [5.41, 5.74) is 2.53. The van der Waals surface area contributed by atoms with Crippen molar-refractivity contribution in [1.29, 1.82) is 0 Å². The van der Waals surface area contributed by atoms with Crippen LogP contribution in [-0.2, 0) is 6.42 Å². The van der Waals surface area contributed by atoms with Gasteiger partial charge in [0.15, 0.2) is 6.61 Å². The average Bonchev–Trinajstić information content (AvgIpc) is 2.69. The molecule has 0 radical (unpaired) electrons. The molecule has 0 aliphatic heterocycles. The van der Waals surface area contributed by atoms with Gasteiger partial charge in [-0.25, -0.2) is 0 Å². The maximum atomic E-state index is 12.3. The van der Waals surface area contributed by atoms with Gasteiger partial charge >= 0.3 is 6.18 Å². The number of H-pyrrole nitrogens is 1. The normalized spacial score (nSPS) is 11.7. The average molecular weight is 329 g/mol. The van der Waals surface area contributed by atoms with Crippen molar-refractivity contribution >= 4 is 0 Å². The van der Waals surface area contributed by atoms with Crippen molar-refractivity contribution in [2.75, 3.05) is 6.61 Å². The predicted octanol–water partition coefficient (Wildman–Crippen LogP) is 4.21. The zero-order chi connectivity index (χ0) is 17.4. The maximum Gasteiger partial charge on any atom is 0.422 e. The molecule has 0 spiro atoms. The van der Waals surface area contributed by atoms with Crippen LogP contribution in [0.3, 0.4) is 0 Å². The summed E-state index contributed by atoms with van der Waals surface area (Å²) in [5, 5.41) is 20.1. The first kappa shape index (κ1) is 17.1. The molecule has 0 aliphatic rings. The van der Waals surface area contributed by atoms with E-state index in [1.54, 1.807) is 13.8 Å². The number of nitrogens with one attached hydrogen (secondary N) is 1. The first-order valence-corrected chi connectivity index (χ1v) is 7.08. The highest BCUT2D eigenvalue weighted by Gasteiger charge is 2.29. The fourth-order valence-corrected chi connectivity index (χ4v) is 2.55. The molecule has 0 saturated carbocycles. The van der Waals surface area contributed by atoms with Crippen LogP contribution in [0.1, 0.15) is 23.7 Å². The summed E-state index contributed by atoms with van der Waals surface area (Å²) in [6.45, 7) is 3.77. The molecule has 2 aromatic rings. The van der Waals surface area contributed by atoms with Crippen LogP contribution in [0.5, 0.6) is 17.4 Å². The Hall–Kier alpha value is -2.31. The van der Waals surface area contributed by atoms with Gasteiger partial charge in [-0.3, -0.25) is 0 Å². The topological polar surface area (TPSA) is 65.5 Å². The Balaban J connectivity index is 2.50. The van der Waals surface area contributed by atoms with Gasteiger partial charge in [-0.15, -0.1) is 0 Å². The summed E-state index contributed by atoms with van der Waals surface area (Å²) < 4.78 is 41.6. The highest BCUT2D eigenvalue weighted by molar-refractivity contribution is 5.82. The van der Waals surface area contributed by atoms with E-state index in [2.05, 4.69) is 4.98 Å². The molecule has 1 aromatic carbocycles. The maximum absolute atomic E-state index is 12.3. The second-order valence-corrected chi connectivity index (χ2v) is 5.35. The van der Waals surface area contributed by atoms with E-state index >= 15 is 0 Å². The monoisotopic (exact) mass is 329 g/mol. The van der Waals surface area contributed by atoms with Gasteiger partial charge in [-0.1, -0.05) is 6.92 Å². The third-order valence-corrected chi connectivity index (χ3v) is 3.56. The molecule has 0 saturated heterocycles. The fourth-order valence-electron chi connectivity index (χ4n) is 2.55. The van der Waals surface area contributed by atoms with Crippen molar-refractivity contribution in [3.8, 4) is 28.5 Å². The van der Waals surface area contributed by atoms with Gasteiger partial charge in [-0.2, -0.15) is 13.2 Å². The highest BCUT2D eigenvalue weighted by Crippen LogP contribution is 2.43. The number of alkyl halides is 3. The van der Waals surface area contributed by atoms with Gasteiger partial charge in [0.25, 0.3) is 0 Å². The first-order chi connectivity index (χ1) is 10.6. The minimum atomic E-state index is -4.41. The Bertz CT molecular complexity index is 720. The zero-order valence-electron chi connectivity index (χ0n) is 13.0. The first-order valence-electron chi connectivity index (χ1n) is 7.08. The molecule has 126 valence electrons. The minimum absolute atomic E-state index is 0.0794. The van der Waals surface area contributed by atoms with E-state index in [-0.39, 0.29) is 22.9 Å². The number of aryl methyl sites for hydroxylation is 3. The molecule has 3 N–H and O–H groups in total. The van der Waals surface area contributed by atoms with Crippen LogP contribution in [0.4, 0.5) is 13.2 Å². The molecule has 0 bridgehead atoms. The fraction of sp³-hybridized carbons (Fsp3) is 0.375. The second kappa shape index (κ2) is 6.06. The molecule has 7 heteroatoms. The molecule has 1 heterocycles. The van der Waals surface area contributed by atoms with Crippen LogP contribution < -0.4 is 4.74 Å². The number of hydrogen-bond acceptors (Lipinski definition) is 3. The Morgan fingerprint density at radius 3 is 2.26 bits per heavy atom. The van der Waals surface area contributed by atoms with Gasteiger partial charge in [-0.05, 0) is 49.1 Å². The molecule has 0 atom stereocenters. The summed E-state index contributed by atoms with van der Waals surface area (Å²) in [7, 11) is 0. The molecule has 1 aromatic heterocycles. The van der Waals surface area contributed by atoms with E-state index in [1.165, 1.54) is 12.1 Å². The number of aromatic nitrogens is 1. The van der Waals surface area contributed by atoms with E-state index < -0.39 is 12.8 Å². The Labute approximate surface area is 131 Å². The van der Waals surface area contributed by atoms with Crippen LogP contribution in [-0.4, -0.2) is 28.0 Å². The van der Waals surface area contributed by atoms with Crippen LogP contribution in [0, 0.1) is 13.8 Å². The van der Waals surface area contributed by atoms with Crippen molar-refractivity contribution in [3.05, 3.63) is 29.0 Å². The van der Waals surface area contributed by atoms with E-state index in [0.717, 1.165) is 0 Å². The highest BCUT2D eigenvalue weighted by atomic mass is 19.4. The van der Waals surface area contributed by atoms with Crippen LogP contribution in [0.25, 0.3) is 11.1 Å². The van der Waals surface area contributed by atoms with Gasteiger partial charge in [0, 0.05) is 0 Å². The van der Waals surface area contributed by atoms with Crippen molar-refractivity contribution < 1.29 is 28.1 Å². The number of aromatic amines is 1. The predicted molar refractivity (Wildman–Crippen MR) is 80.0 cm³/mol. The Kier molecular flexibility index (Phi) is 4.49. The second-order valence-electron chi connectivity index (χ2n) is 5.35. The molecule has 4 nitrogen and oxygen atoms in total. The molecule has 0 fully saturated rings. The lowest BCUT2D eigenvalue weighted by Gasteiger charge is -2.16. The largest absolute Gasteiger partial charge is 0.505 e. The standard InChI is InChI=1S/C16H18F3NO3/c1-4-10-6-11(23-7-16(17,18)19)5-8(2)12(10)13-14(21)9(3)20-15(13)22/h5-6,20-22H,4,7H2,1-3H3. The Morgan fingerprint density at radius 1 is 1.13 bits per heavy atom.